The number of nitrogens with zero attached hydrogens (tertiary/aromatic N) is 1. The molecule has 0 unspecified atom stereocenters. The SMILES string of the molecule is CCN(CCO)C(=O)c1cc2ccccc2cc1O. The summed E-state index contributed by atoms with van der Waals surface area (Å²) in [5.74, 6) is -0.292. The molecular formula is C15H17NO3. The van der Waals surface area contributed by atoms with Crippen LogP contribution in [-0.2, 0) is 0 Å². The Bertz CT molecular complexity index is 595. The number of rotatable bonds is 4. The molecule has 0 atom stereocenters. The number of hydrogen-bond donors (Lipinski definition) is 2. The molecule has 4 nitrogen and oxygen atoms in total. The first-order valence-corrected chi connectivity index (χ1v) is 6.29. The van der Waals surface area contributed by atoms with Crippen LogP contribution in [0.5, 0.6) is 5.75 Å². The third-order valence-electron chi connectivity index (χ3n) is 3.13. The highest BCUT2D eigenvalue weighted by molar-refractivity contribution is 6.01. The van der Waals surface area contributed by atoms with Gasteiger partial charge in [0, 0.05) is 13.1 Å². The quantitative estimate of drug-likeness (QED) is 0.882. The molecular weight excluding hydrogens is 242 g/mol. The molecule has 19 heavy (non-hydrogen) atoms. The first kappa shape index (κ1) is 13.4. The molecule has 0 bridgehead atoms. The van der Waals surface area contributed by atoms with Crippen molar-refractivity contribution in [1.82, 2.24) is 4.90 Å². The van der Waals surface area contributed by atoms with E-state index in [1.807, 2.05) is 31.2 Å². The molecule has 0 aliphatic rings. The maximum Gasteiger partial charge on any atom is 0.257 e. The summed E-state index contributed by atoms with van der Waals surface area (Å²) in [6.07, 6.45) is 0. The normalized spacial score (nSPS) is 10.6. The topological polar surface area (TPSA) is 60.8 Å². The van der Waals surface area contributed by atoms with Crippen molar-refractivity contribution >= 4 is 16.7 Å². The first-order chi connectivity index (χ1) is 9.17. The van der Waals surface area contributed by atoms with Crippen LogP contribution in [-0.4, -0.2) is 40.7 Å². The number of aliphatic hydroxyl groups excluding tert-OH is 1. The van der Waals surface area contributed by atoms with E-state index in [1.165, 1.54) is 4.90 Å². The molecule has 0 heterocycles. The van der Waals surface area contributed by atoms with Crippen molar-refractivity contribution in [2.45, 2.75) is 6.92 Å². The Hall–Kier alpha value is -2.07. The van der Waals surface area contributed by atoms with Gasteiger partial charge in [-0.2, -0.15) is 0 Å². The predicted octanol–water partition coefficient (Wildman–Crippen LogP) is 2.00. The second kappa shape index (κ2) is 5.71. The maximum absolute atomic E-state index is 12.3. The van der Waals surface area contributed by atoms with E-state index in [4.69, 9.17) is 5.11 Å². The number of aliphatic hydroxyl groups is 1. The van der Waals surface area contributed by atoms with Gasteiger partial charge in [-0.1, -0.05) is 24.3 Å². The van der Waals surface area contributed by atoms with E-state index in [-0.39, 0.29) is 30.4 Å². The van der Waals surface area contributed by atoms with Crippen molar-refractivity contribution in [3.8, 4) is 5.75 Å². The van der Waals surface area contributed by atoms with Gasteiger partial charge < -0.3 is 15.1 Å². The minimum atomic E-state index is -0.264. The fourth-order valence-electron chi connectivity index (χ4n) is 2.09. The molecule has 0 saturated heterocycles. The summed E-state index contributed by atoms with van der Waals surface area (Å²) in [5, 5.41) is 20.7. The summed E-state index contributed by atoms with van der Waals surface area (Å²) in [4.78, 5) is 13.8. The molecule has 1 amide bonds. The van der Waals surface area contributed by atoms with Gasteiger partial charge >= 0.3 is 0 Å². The number of benzene rings is 2. The number of carbonyl (C=O) groups excluding carboxylic acids is 1. The molecule has 0 aliphatic carbocycles. The zero-order valence-electron chi connectivity index (χ0n) is 10.8. The summed E-state index contributed by atoms with van der Waals surface area (Å²) in [6, 6.07) is 10.8. The van der Waals surface area contributed by atoms with Crippen molar-refractivity contribution in [3.63, 3.8) is 0 Å². The van der Waals surface area contributed by atoms with Crippen LogP contribution in [0.1, 0.15) is 17.3 Å². The Morgan fingerprint density at radius 1 is 1.21 bits per heavy atom. The second-order valence-electron chi connectivity index (χ2n) is 4.32. The van der Waals surface area contributed by atoms with Gasteiger partial charge in [-0.25, -0.2) is 0 Å². The van der Waals surface area contributed by atoms with Gasteiger partial charge in [-0.3, -0.25) is 4.79 Å². The van der Waals surface area contributed by atoms with E-state index >= 15 is 0 Å². The fraction of sp³-hybridized carbons (Fsp3) is 0.267. The lowest BCUT2D eigenvalue weighted by molar-refractivity contribution is 0.0729. The van der Waals surface area contributed by atoms with Crippen molar-refractivity contribution in [2.75, 3.05) is 19.7 Å². The van der Waals surface area contributed by atoms with Crippen LogP contribution < -0.4 is 0 Å². The number of hydrogen-bond acceptors (Lipinski definition) is 3. The van der Waals surface area contributed by atoms with Gasteiger partial charge in [-0.15, -0.1) is 0 Å². The number of likely N-dealkylation sites (N-methyl/N-ethyl adjacent to an activating group) is 1. The monoisotopic (exact) mass is 259 g/mol. The van der Waals surface area contributed by atoms with Crippen LogP contribution in [0, 0.1) is 0 Å². The van der Waals surface area contributed by atoms with Crippen molar-refractivity contribution in [3.05, 3.63) is 42.0 Å². The zero-order valence-corrected chi connectivity index (χ0v) is 10.8. The van der Waals surface area contributed by atoms with Crippen LogP contribution >= 0.6 is 0 Å². The third kappa shape index (κ3) is 2.69. The molecule has 4 heteroatoms. The Kier molecular flexibility index (Phi) is 4.02. The van der Waals surface area contributed by atoms with Gasteiger partial charge in [0.05, 0.1) is 12.2 Å². The molecule has 0 saturated carbocycles. The molecule has 0 aromatic heterocycles. The van der Waals surface area contributed by atoms with E-state index in [0.29, 0.717) is 6.54 Å². The van der Waals surface area contributed by atoms with Gasteiger partial charge in [0.1, 0.15) is 5.75 Å². The largest absolute Gasteiger partial charge is 0.507 e. The van der Waals surface area contributed by atoms with Crippen molar-refractivity contribution < 1.29 is 15.0 Å². The minimum absolute atomic E-state index is 0.0277. The summed E-state index contributed by atoms with van der Waals surface area (Å²) in [7, 11) is 0. The van der Waals surface area contributed by atoms with E-state index in [2.05, 4.69) is 0 Å². The number of fused-ring (bicyclic) bond motifs is 1. The first-order valence-electron chi connectivity index (χ1n) is 6.29. The standard InChI is InChI=1S/C15H17NO3/c1-2-16(7-8-17)15(19)13-9-11-5-3-4-6-12(11)10-14(13)18/h3-6,9-10,17-18H,2,7-8H2,1H3. The van der Waals surface area contributed by atoms with Crippen LogP contribution in [0.2, 0.25) is 0 Å². The predicted molar refractivity (Wildman–Crippen MR) is 74.3 cm³/mol. The summed E-state index contributed by atoms with van der Waals surface area (Å²) in [5.41, 5.74) is 0.272. The Morgan fingerprint density at radius 3 is 2.42 bits per heavy atom. The Morgan fingerprint density at radius 2 is 1.84 bits per heavy atom. The highest BCUT2D eigenvalue weighted by Gasteiger charge is 2.17. The molecule has 0 fully saturated rings. The van der Waals surface area contributed by atoms with Crippen LogP contribution in [0.15, 0.2) is 36.4 Å². The second-order valence-corrected chi connectivity index (χ2v) is 4.32. The molecule has 2 aromatic rings. The van der Waals surface area contributed by atoms with Gasteiger partial charge in [-0.05, 0) is 29.8 Å². The van der Waals surface area contributed by atoms with Crippen molar-refractivity contribution in [2.24, 2.45) is 0 Å². The molecule has 100 valence electrons. The fourth-order valence-corrected chi connectivity index (χ4v) is 2.09. The maximum atomic E-state index is 12.3. The van der Waals surface area contributed by atoms with Gasteiger partial charge in [0.2, 0.25) is 0 Å². The Labute approximate surface area is 111 Å². The van der Waals surface area contributed by atoms with E-state index < -0.39 is 0 Å². The average molecular weight is 259 g/mol. The summed E-state index contributed by atoms with van der Waals surface area (Å²) >= 11 is 0. The molecule has 2 rings (SSSR count). The summed E-state index contributed by atoms with van der Waals surface area (Å²) < 4.78 is 0. The van der Waals surface area contributed by atoms with Crippen LogP contribution in [0.3, 0.4) is 0 Å². The number of aromatic hydroxyl groups is 1. The molecule has 0 spiro atoms. The van der Waals surface area contributed by atoms with E-state index in [1.54, 1.807) is 12.1 Å². The third-order valence-corrected chi connectivity index (χ3v) is 3.13. The smallest absolute Gasteiger partial charge is 0.257 e. The summed E-state index contributed by atoms with van der Waals surface area (Å²) in [6.45, 7) is 2.51. The number of phenolic OH excluding ortho intramolecular Hbond substituents is 1. The van der Waals surface area contributed by atoms with E-state index in [0.717, 1.165) is 10.8 Å². The highest BCUT2D eigenvalue weighted by Crippen LogP contribution is 2.26. The number of carbonyl (C=O) groups is 1. The Balaban J connectivity index is 2.43. The lowest BCUT2D eigenvalue weighted by atomic mass is 10.0. The zero-order chi connectivity index (χ0) is 13.8. The molecule has 0 radical (unpaired) electrons. The lowest BCUT2D eigenvalue weighted by Gasteiger charge is -2.20. The molecule has 2 N–H and O–H groups in total. The molecule has 2 aromatic carbocycles. The van der Waals surface area contributed by atoms with Crippen LogP contribution in [0.25, 0.3) is 10.8 Å². The van der Waals surface area contributed by atoms with Crippen molar-refractivity contribution in [1.29, 1.82) is 0 Å². The van der Waals surface area contributed by atoms with Gasteiger partial charge in [0.25, 0.3) is 5.91 Å². The van der Waals surface area contributed by atoms with Crippen LogP contribution in [0.4, 0.5) is 0 Å². The molecule has 0 aliphatic heterocycles. The van der Waals surface area contributed by atoms with E-state index in [9.17, 15) is 9.90 Å². The average Bonchev–Trinajstić information content (AvgIpc) is 2.43. The lowest BCUT2D eigenvalue weighted by Crippen LogP contribution is -2.33. The number of phenols is 1. The minimum Gasteiger partial charge on any atom is -0.507 e. The van der Waals surface area contributed by atoms with Gasteiger partial charge in [0.15, 0.2) is 0 Å². The number of amides is 1. The highest BCUT2D eigenvalue weighted by atomic mass is 16.3.